The molecule has 1 atom stereocenters. The third kappa shape index (κ3) is 4.17. The average molecular weight is 376 g/mol. The molecule has 26 heavy (non-hydrogen) atoms. The van der Waals surface area contributed by atoms with Crippen molar-refractivity contribution >= 4 is 35.0 Å². The molecule has 1 saturated heterocycles. The van der Waals surface area contributed by atoms with Gasteiger partial charge >= 0.3 is 0 Å². The SMILES string of the molecule is CCCC(N)C(=O)N1CCN(C(=O)c2cccc3ccccc23)CC1.Cl. The second-order valence-corrected chi connectivity index (χ2v) is 6.54. The summed E-state index contributed by atoms with van der Waals surface area (Å²) in [5.74, 6) is 0.0286. The summed E-state index contributed by atoms with van der Waals surface area (Å²) in [6.45, 7) is 4.21. The van der Waals surface area contributed by atoms with Crippen molar-refractivity contribution in [2.24, 2.45) is 5.73 Å². The minimum Gasteiger partial charge on any atom is -0.338 e. The Morgan fingerprint density at radius 3 is 2.31 bits per heavy atom. The Morgan fingerprint density at radius 2 is 1.62 bits per heavy atom. The van der Waals surface area contributed by atoms with Gasteiger partial charge in [0.2, 0.25) is 5.91 Å². The van der Waals surface area contributed by atoms with Crippen LogP contribution in [0, 0.1) is 0 Å². The predicted octanol–water partition coefficient (Wildman–Crippen LogP) is 2.67. The van der Waals surface area contributed by atoms with Crippen LogP contribution in [0.2, 0.25) is 0 Å². The number of nitrogens with zero attached hydrogens (tertiary/aromatic N) is 2. The molecule has 0 radical (unpaired) electrons. The highest BCUT2D eigenvalue weighted by Crippen LogP contribution is 2.20. The van der Waals surface area contributed by atoms with Crippen molar-refractivity contribution in [1.82, 2.24) is 9.80 Å². The monoisotopic (exact) mass is 375 g/mol. The van der Waals surface area contributed by atoms with Crippen LogP contribution in [0.4, 0.5) is 0 Å². The summed E-state index contributed by atoms with van der Waals surface area (Å²) in [6, 6.07) is 13.3. The number of carbonyl (C=O) groups is 2. The molecule has 2 aromatic rings. The Morgan fingerprint density at radius 1 is 1.00 bits per heavy atom. The summed E-state index contributed by atoms with van der Waals surface area (Å²) in [6.07, 6.45) is 1.60. The first-order chi connectivity index (χ1) is 12.1. The molecule has 1 aliphatic heterocycles. The van der Waals surface area contributed by atoms with E-state index in [2.05, 4.69) is 0 Å². The lowest BCUT2D eigenvalue weighted by Crippen LogP contribution is -2.54. The minimum absolute atomic E-state index is 0. The number of carbonyl (C=O) groups excluding carboxylic acids is 2. The van der Waals surface area contributed by atoms with E-state index in [9.17, 15) is 9.59 Å². The zero-order chi connectivity index (χ0) is 17.8. The topological polar surface area (TPSA) is 66.6 Å². The molecule has 140 valence electrons. The summed E-state index contributed by atoms with van der Waals surface area (Å²) in [4.78, 5) is 28.8. The van der Waals surface area contributed by atoms with Crippen molar-refractivity contribution in [2.45, 2.75) is 25.8 Å². The van der Waals surface area contributed by atoms with Gasteiger partial charge in [-0.1, -0.05) is 49.7 Å². The van der Waals surface area contributed by atoms with Crippen molar-refractivity contribution < 1.29 is 9.59 Å². The maximum Gasteiger partial charge on any atom is 0.254 e. The Bertz CT molecular complexity index is 767. The molecule has 1 aliphatic rings. The zero-order valence-corrected chi connectivity index (χ0v) is 15.9. The zero-order valence-electron chi connectivity index (χ0n) is 15.1. The summed E-state index contributed by atoms with van der Waals surface area (Å²) in [5.41, 5.74) is 6.66. The largest absolute Gasteiger partial charge is 0.338 e. The Kier molecular flexibility index (Phi) is 7.00. The Balaban J connectivity index is 0.00000243. The maximum atomic E-state index is 12.9. The van der Waals surface area contributed by atoms with E-state index in [-0.39, 0.29) is 24.2 Å². The molecule has 0 bridgehead atoms. The van der Waals surface area contributed by atoms with Crippen LogP contribution < -0.4 is 5.73 Å². The van der Waals surface area contributed by atoms with E-state index in [1.165, 1.54) is 0 Å². The molecule has 2 amide bonds. The lowest BCUT2D eigenvalue weighted by Gasteiger charge is -2.36. The van der Waals surface area contributed by atoms with Crippen molar-refractivity contribution in [3.8, 4) is 0 Å². The number of hydrogen-bond acceptors (Lipinski definition) is 3. The van der Waals surface area contributed by atoms with Gasteiger partial charge in [0, 0.05) is 31.7 Å². The quantitative estimate of drug-likeness (QED) is 0.893. The van der Waals surface area contributed by atoms with Gasteiger partial charge in [0.25, 0.3) is 5.91 Å². The highest BCUT2D eigenvalue weighted by atomic mass is 35.5. The normalized spacial score (nSPS) is 15.5. The Labute approximate surface area is 160 Å². The van der Waals surface area contributed by atoms with E-state index in [1.807, 2.05) is 54.3 Å². The molecule has 3 rings (SSSR count). The molecule has 5 nitrogen and oxygen atoms in total. The molecule has 0 aromatic heterocycles. The van der Waals surface area contributed by atoms with Gasteiger partial charge in [-0.15, -0.1) is 12.4 Å². The fourth-order valence-corrected chi connectivity index (χ4v) is 3.38. The maximum absolute atomic E-state index is 12.9. The Hall–Kier alpha value is -2.11. The molecule has 0 spiro atoms. The smallest absolute Gasteiger partial charge is 0.254 e. The van der Waals surface area contributed by atoms with Gasteiger partial charge < -0.3 is 15.5 Å². The molecule has 0 saturated carbocycles. The molecule has 0 aliphatic carbocycles. The highest BCUT2D eigenvalue weighted by Gasteiger charge is 2.27. The van der Waals surface area contributed by atoms with E-state index in [4.69, 9.17) is 5.73 Å². The lowest BCUT2D eigenvalue weighted by atomic mass is 10.0. The second-order valence-electron chi connectivity index (χ2n) is 6.54. The number of benzene rings is 2. The first-order valence-electron chi connectivity index (χ1n) is 8.93. The molecule has 1 heterocycles. The van der Waals surface area contributed by atoms with Crippen LogP contribution in [-0.4, -0.2) is 53.8 Å². The number of hydrogen-bond donors (Lipinski definition) is 1. The number of nitrogens with two attached hydrogens (primary N) is 1. The van der Waals surface area contributed by atoms with Crippen molar-refractivity contribution in [2.75, 3.05) is 26.2 Å². The van der Waals surface area contributed by atoms with Gasteiger partial charge in [0.05, 0.1) is 6.04 Å². The average Bonchev–Trinajstić information content (AvgIpc) is 2.66. The van der Waals surface area contributed by atoms with E-state index in [0.29, 0.717) is 32.6 Å². The fourth-order valence-electron chi connectivity index (χ4n) is 3.38. The summed E-state index contributed by atoms with van der Waals surface area (Å²) in [7, 11) is 0. The van der Waals surface area contributed by atoms with Crippen LogP contribution in [-0.2, 0) is 4.79 Å². The second kappa shape index (κ2) is 9.01. The first-order valence-corrected chi connectivity index (χ1v) is 8.93. The van der Waals surface area contributed by atoms with Crippen LogP contribution in [0.5, 0.6) is 0 Å². The number of rotatable bonds is 4. The lowest BCUT2D eigenvalue weighted by molar-refractivity contribution is -0.134. The van der Waals surface area contributed by atoms with Crippen molar-refractivity contribution in [1.29, 1.82) is 0 Å². The van der Waals surface area contributed by atoms with Gasteiger partial charge in [-0.25, -0.2) is 0 Å². The molecule has 2 N–H and O–H groups in total. The van der Waals surface area contributed by atoms with E-state index < -0.39 is 6.04 Å². The van der Waals surface area contributed by atoms with E-state index in [1.54, 1.807) is 4.90 Å². The van der Waals surface area contributed by atoms with Gasteiger partial charge in [-0.05, 0) is 23.3 Å². The third-order valence-corrected chi connectivity index (χ3v) is 4.82. The summed E-state index contributed by atoms with van der Waals surface area (Å²) >= 11 is 0. The van der Waals surface area contributed by atoms with Crippen LogP contribution in [0.1, 0.15) is 30.1 Å². The van der Waals surface area contributed by atoms with E-state index >= 15 is 0 Å². The summed E-state index contributed by atoms with van der Waals surface area (Å²) < 4.78 is 0. The van der Waals surface area contributed by atoms with Crippen molar-refractivity contribution in [3.05, 3.63) is 48.0 Å². The number of piperazine rings is 1. The van der Waals surface area contributed by atoms with Crippen LogP contribution in [0.15, 0.2) is 42.5 Å². The molecular weight excluding hydrogens is 350 g/mol. The number of amides is 2. The number of fused-ring (bicyclic) bond motifs is 1. The molecule has 2 aromatic carbocycles. The van der Waals surface area contributed by atoms with Crippen molar-refractivity contribution in [3.63, 3.8) is 0 Å². The molecule has 1 fully saturated rings. The molecule has 6 heteroatoms. The predicted molar refractivity (Wildman–Crippen MR) is 107 cm³/mol. The first kappa shape index (κ1) is 20.2. The van der Waals surface area contributed by atoms with Gasteiger partial charge in [-0.3, -0.25) is 9.59 Å². The molecule has 1 unspecified atom stereocenters. The van der Waals surface area contributed by atoms with Crippen LogP contribution >= 0.6 is 12.4 Å². The third-order valence-electron chi connectivity index (χ3n) is 4.82. The van der Waals surface area contributed by atoms with Gasteiger partial charge in [0.15, 0.2) is 0 Å². The number of halogens is 1. The highest BCUT2D eigenvalue weighted by molar-refractivity contribution is 6.07. The summed E-state index contributed by atoms with van der Waals surface area (Å²) in [5, 5.41) is 2.03. The van der Waals surface area contributed by atoms with Crippen LogP contribution in [0.25, 0.3) is 10.8 Å². The van der Waals surface area contributed by atoms with Gasteiger partial charge in [-0.2, -0.15) is 0 Å². The van der Waals surface area contributed by atoms with Gasteiger partial charge in [0.1, 0.15) is 0 Å². The van der Waals surface area contributed by atoms with E-state index in [0.717, 1.165) is 22.8 Å². The minimum atomic E-state index is -0.426. The standard InChI is InChI=1S/C20H25N3O2.ClH/c1-2-6-18(21)20(25)23-13-11-22(12-14-23)19(24)17-10-5-8-15-7-3-4-9-16(15)17;/h3-5,7-10,18H,2,6,11-14,21H2,1H3;1H. The van der Waals surface area contributed by atoms with Crippen LogP contribution in [0.3, 0.4) is 0 Å². The molecular formula is C20H26ClN3O2. The fraction of sp³-hybridized carbons (Fsp3) is 0.400.